The molecule has 0 unspecified atom stereocenters. The molecule has 2 aromatic carbocycles. The van der Waals surface area contributed by atoms with E-state index >= 15 is 0 Å². The van der Waals surface area contributed by atoms with Gasteiger partial charge in [-0.25, -0.2) is 4.39 Å². The lowest BCUT2D eigenvalue weighted by atomic mass is 10.1. The van der Waals surface area contributed by atoms with E-state index in [1.165, 1.54) is 12.1 Å². The van der Waals surface area contributed by atoms with E-state index in [9.17, 15) is 4.39 Å². The van der Waals surface area contributed by atoms with Gasteiger partial charge in [-0.15, -0.1) is 15.3 Å². The molecule has 0 aliphatic carbocycles. The van der Waals surface area contributed by atoms with Crippen LogP contribution in [0.4, 0.5) is 15.9 Å². The number of methoxy groups -OCH3 is 1. The van der Waals surface area contributed by atoms with E-state index < -0.39 is 0 Å². The Morgan fingerprint density at radius 3 is 2.62 bits per heavy atom. The fourth-order valence-corrected chi connectivity index (χ4v) is 3.77. The van der Waals surface area contributed by atoms with Crippen LogP contribution < -0.4 is 19.7 Å². The number of aromatic nitrogens is 4. The molecule has 1 N–H and O–H groups in total. The highest BCUT2D eigenvalue weighted by Gasteiger charge is 2.27. The number of hydrogen-bond acceptors (Lipinski definition) is 7. The molecule has 1 aliphatic heterocycles. The fourth-order valence-electron chi connectivity index (χ4n) is 3.77. The Morgan fingerprint density at radius 1 is 1.09 bits per heavy atom. The number of hydrogen-bond donors (Lipinski definition) is 1. The lowest BCUT2D eigenvalue weighted by Gasteiger charge is -2.28. The maximum Gasteiger partial charge on any atom is 0.205 e. The molecule has 1 aliphatic rings. The van der Waals surface area contributed by atoms with Gasteiger partial charge in [-0.2, -0.15) is 4.52 Å². The molecule has 0 atom stereocenters. The summed E-state index contributed by atoms with van der Waals surface area (Å²) in [7, 11) is 3.64. The second-order valence-electron chi connectivity index (χ2n) is 7.59. The van der Waals surface area contributed by atoms with Crippen molar-refractivity contribution >= 4 is 17.2 Å². The lowest BCUT2D eigenvalue weighted by Crippen LogP contribution is -2.30. The third-order valence-corrected chi connectivity index (χ3v) is 5.51. The average molecular weight is 434 g/mol. The SMILES string of the molecule is COc1ccc(-c2nnc3c4c(c(NCCc5ccc(F)cc5)nn23)OCCN4C)cc1. The maximum absolute atomic E-state index is 13.2. The van der Waals surface area contributed by atoms with Crippen LogP contribution in [-0.4, -0.2) is 53.7 Å². The number of fused-ring (bicyclic) bond motifs is 3. The summed E-state index contributed by atoms with van der Waals surface area (Å²) in [6, 6.07) is 14.1. The zero-order valence-electron chi connectivity index (χ0n) is 17.9. The zero-order valence-corrected chi connectivity index (χ0v) is 17.9. The van der Waals surface area contributed by atoms with Crippen molar-refractivity contribution in [2.75, 3.05) is 44.1 Å². The van der Waals surface area contributed by atoms with Crippen molar-refractivity contribution in [3.05, 3.63) is 59.9 Å². The van der Waals surface area contributed by atoms with Crippen LogP contribution in [0.15, 0.2) is 48.5 Å². The molecule has 0 spiro atoms. The van der Waals surface area contributed by atoms with Gasteiger partial charge < -0.3 is 19.7 Å². The summed E-state index contributed by atoms with van der Waals surface area (Å²) in [5, 5.41) is 17.0. The van der Waals surface area contributed by atoms with Crippen LogP contribution >= 0.6 is 0 Å². The molecule has 0 fully saturated rings. The minimum absolute atomic E-state index is 0.238. The summed E-state index contributed by atoms with van der Waals surface area (Å²) >= 11 is 0. The summed E-state index contributed by atoms with van der Waals surface area (Å²) in [6.45, 7) is 1.92. The third kappa shape index (κ3) is 3.66. The van der Waals surface area contributed by atoms with Crippen molar-refractivity contribution in [2.24, 2.45) is 0 Å². The van der Waals surface area contributed by atoms with Gasteiger partial charge in [0.2, 0.25) is 5.65 Å². The second-order valence-corrected chi connectivity index (χ2v) is 7.59. The van der Waals surface area contributed by atoms with Gasteiger partial charge in [0, 0.05) is 19.2 Å². The van der Waals surface area contributed by atoms with E-state index in [1.807, 2.05) is 31.3 Å². The van der Waals surface area contributed by atoms with E-state index in [0.717, 1.165) is 35.5 Å². The van der Waals surface area contributed by atoms with Crippen molar-refractivity contribution in [3.63, 3.8) is 0 Å². The van der Waals surface area contributed by atoms with Crippen LogP contribution in [0.5, 0.6) is 11.5 Å². The van der Waals surface area contributed by atoms with E-state index in [2.05, 4.69) is 20.4 Å². The first-order chi connectivity index (χ1) is 15.6. The number of likely N-dealkylation sites (N-methyl/N-ethyl adjacent to an activating group) is 1. The molecule has 2 aromatic heterocycles. The van der Waals surface area contributed by atoms with Gasteiger partial charge in [0.25, 0.3) is 0 Å². The first-order valence-corrected chi connectivity index (χ1v) is 10.4. The van der Waals surface area contributed by atoms with Crippen molar-refractivity contribution in [1.29, 1.82) is 0 Å². The van der Waals surface area contributed by atoms with Crippen LogP contribution in [0, 0.1) is 5.82 Å². The molecule has 8 nitrogen and oxygen atoms in total. The van der Waals surface area contributed by atoms with Gasteiger partial charge >= 0.3 is 0 Å². The normalized spacial score (nSPS) is 13.0. The minimum Gasteiger partial charge on any atom is -0.497 e. The Morgan fingerprint density at radius 2 is 1.88 bits per heavy atom. The predicted molar refractivity (Wildman–Crippen MR) is 120 cm³/mol. The molecule has 3 heterocycles. The van der Waals surface area contributed by atoms with Crippen molar-refractivity contribution in [1.82, 2.24) is 19.8 Å². The highest BCUT2D eigenvalue weighted by Crippen LogP contribution is 2.40. The number of anilines is 2. The standard InChI is InChI=1S/C23H23FN6O2/c1-29-13-14-32-20-19(29)23-27-26-22(16-5-9-18(31-2)10-6-16)30(23)28-21(20)25-12-11-15-3-7-17(24)8-4-15/h3-10H,11-14H2,1-2H3,(H,25,28). The number of nitrogens with zero attached hydrogens (tertiary/aromatic N) is 5. The van der Waals surface area contributed by atoms with Gasteiger partial charge in [-0.05, 0) is 48.4 Å². The van der Waals surface area contributed by atoms with Crippen LogP contribution in [-0.2, 0) is 6.42 Å². The number of nitrogens with one attached hydrogen (secondary N) is 1. The first kappa shape index (κ1) is 20.0. The van der Waals surface area contributed by atoms with Crippen LogP contribution in [0.1, 0.15) is 5.56 Å². The Bertz CT molecular complexity index is 1240. The number of ether oxygens (including phenoxy) is 2. The molecule has 9 heteroatoms. The Labute approximate surface area is 184 Å². The predicted octanol–water partition coefficient (Wildman–Crippen LogP) is 3.42. The van der Waals surface area contributed by atoms with Gasteiger partial charge in [0.1, 0.15) is 23.9 Å². The molecule has 0 saturated carbocycles. The van der Waals surface area contributed by atoms with Gasteiger partial charge in [0.05, 0.1) is 13.7 Å². The Kier molecular flexibility index (Phi) is 5.22. The largest absolute Gasteiger partial charge is 0.497 e. The molecule has 0 bridgehead atoms. The van der Waals surface area contributed by atoms with Crippen molar-refractivity contribution < 1.29 is 13.9 Å². The molecule has 0 radical (unpaired) electrons. The van der Waals surface area contributed by atoms with E-state index in [0.29, 0.717) is 36.2 Å². The number of benzene rings is 2. The third-order valence-electron chi connectivity index (χ3n) is 5.51. The Balaban J connectivity index is 1.51. The summed E-state index contributed by atoms with van der Waals surface area (Å²) in [4.78, 5) is 2.10. The molecule has 32 heavy (non-hydrogen) atoms. The lowest BCUT2D eigenvalue weighted by molar-refractivity contribution is 0.311. The van der Waals surface area contributed by atoms with E-state index in [1.54, 1.807) is 23.8 Å². The van der Waals surface area contributed by atoms with Gasteiger partial charge in [-0.3, -0.25) is 0 Å². The average Bonchev–Trinajstić information content (AvgIpc) is 3.24. The summed E-state index contributed by atoms with van der Waals surface area (Å²) in [5.74, 6) is 2.45. The second kappa shape index (κ2) is 8.33. The molecule has 164 valence electrons. The molecule has 5 rings (SSSR count). The highest BCUT2D eigenvalue weighted by atomic mass is 19.1. The van der Waals surface area contributed by atoms with E-state index in [-0.39, 0.29) is 5.82 Å². The number of halogens is 1. The summed E-state index contributed by atoms with van der Waals surface area (Å²) < 4.78 is 26.2. The van der Waals surface area contributed by atoms with E-state index in [4.69, 9.17) is 14.6 Å². The van der Waals surface area contributed by atoms with Crippen LogP contribution in [0.2, 0.25) is 0 Å². The monoisotopic (exact) mass is 434 g/mol. The molecular formula is C23H23FN6O2. The molecule has 0 saturated heterocycles. The zero-order chi connectivity index (χ0) is 22.1. The smallest absolute Gasteiger partial charge is 0.205 e. The fraction of sp³-hybridized carbons (Fsp3) is 0.261. The van der Waals surface area contributed by atoms with Crippen molar-refractivity contribution in [3.8, 4) is 22.9 Å². The molecule has 4 aromatic rings. The quantitative estimate of drug-likeness (QED) is 0.498. The minimum atomic E-state index is -0.238. The molecule has 0 amide bonds. The summed E-state index contributed by atoms with van der Waals surface area (Å²) in [6.07, 6.45) is 0.720. The van der Waals surface area contributed by atoms with Gasteiger partial charge in [-0.1, -0.05) is 12.1 Å². The Hall–Kier alpha value is -3.88. The maximum atomic E-state index is 13.2. The molecular weight excluding hydrogens is 411 g/mol. The summed E-state index contributed by atoms with van der Waals surface area (Å²) in [5.41, 5.74) is 3.40. The van der Waals surface area contributed by atoms with Crippen LogP contribution in [0.25, 0.3) is 17.0 Å². The first-order valence-electron chi connectivity index (χ1n) is 10.4. The van der Waals surface area contributed by atoms with Gasteiger partial charge in [0.15, 0.2) is 17.4 Å². The topological polar surface area (TPSA) is 76.8 Å². The van der Waals surface area contributed by atoms with Crippen LogP contribution in [0.3, 0.4) is 0 Å². The number of rotatable bonds is 6. The van der Waals surface area contributed by atoms with Crippen molar-refractivity contribution in [2.45, 2.75) is 6.42 Å². The highest BCUT2D eigenvalue weighted by molar-refractivity contribution is 5.83.